The molecular formula is C14H16N4O. The minimum Gasteiger partial charge on any atom is -0.397 e. The molecule has 0 aliphatic carbocycles. The van der Waals surface area contributed by atoms with Crippen LogP contribution in [0.2, 0.25) is 0 Å². The van der Waals surface area contributed by atoms with Crippen molar-refractivity contribution in [3.63, 3.8) is 0 Å². The molecule has 1 heterocycles. The van der Waals surface area contributed by atoms with Gasteiger partial charge in [-0.1, -0.05) is 6.07 Å². The van der Waals surface area contributed by atoms with Gasteiger partial charge in [-0.05, 0) is 36.2 Å². The lowest BCUT2D eigenvalue weighted by Gasteiger charge is -2.13. The minimum absolute atomic E-state index is 0.395. The maximum Gasteiger partial charge on any atom is 0.250 e. The van der Waals surface area contributed by atoms with E-state index in [1.165, 1.54) is 0 Å². The Balaban J connectivity index is 2.25. The molecule has 2 aromatic rings. The number of aryl methyl sites for hydroxylation is 1. The first-order chi connectivity index (χ1) is 9.09. The Morgan fingerprint density at radius 3 is 2.84 bits per heavy atom. The summed E-state index contributed by atoms with van der Waals surface area (Å²) >= 11 is 0. The number of carbonyl (C=O) groups is 1. The van der Waals surface area contributed by atoms with Gasteiger partial charge in [0.1, 0.15) is 0 Å². The molecule has 0 saturated heterocycles. The number of nitrogen functional groups attached to an aromatic ring is 1. The summed E-state index contributed by atoms with van der Waals surface area (Å²) in [5, 5.41) is 3.17. The molecule has 1 amide bonds. The number of benzene rings is 1. The summed E-state index contributed by atoms with van der Waals surface area (Å²) in [4.78, 5) is 15.4. The highest BCUT2D eigenvalue weighted by molar-refractivity contribution is 6.01. The second-order valence-electron chi connectivity index (χ2n) is 4.29. The molecule has 0 fully saturated rings. The Morgan fingerprint density at radius 2 is 2.16 bits per heavy atom. The van der Waals surface area contributed by atoms with Gasteiger partial charge in [0.15, 0.2) is 0 Å². The SMILES string of the molecule is Cc1cnccc1CNc1c(N)cccc1C(N)=O. The molecule has 2 rings (SSSR count). The van der Waals surface area contributed by atoms with Crippen LogP contribution in [-0.2, 0) is 6.54 Å². The normalized spacial score (nSPS) is 10.2. The lowest BCUT2D eigenvalue weighted by Crippen LogP contribution is -2.15. The lowest BCUT2D eigenvalue weighted by molar-refractivity contribution is 0.100. The van der Waals surface area contributed by atoms with Gasteiger partial charge in [-0.25, -0.2) is 0 Å². The quantitative estimate of drug-likeness (QED) is 0.725. The van der Waals surface area contributed by atoms with Crippen LogP contribution in [0.1, 0.15) is 21.5 Å². The van der Waals surface area contributed by atoms with E-state index in [2.05, 4.69) is 10.3 Å². The Labute approximate surface area is 111 Å². The van der Waals surface area contributed by atoms with Crippen molar-refractivity contribution in [1.82, 2.24) is 4.98 Å². The first-order valence-corrected chi connectivity index (χ1v) is 5.91. The van der Waals surface area contributed by atoms with Crippen LogP contribution in [0.3, 0.4) is 0 Å². The Hall–Kier alpha value is -2.56. The van der Waals surface area contributed by atoms with E-state index < -0.39 is 5.91 Å². The molecule has 5 heteroatoms. The van der Waals surface area contributed by atoms with Gasteiger partial charge in [-0.2, -0.15) is 0 Å². The van der Waals surface area contributed by atoms with Crippen molar-refractivity contribution in [3.8, 4) is 0 Å². The molecule has 19 heavy (non-hydrogen) atoms. The maximum absolute atomic E-state index is 11.4. The molecule has 98 valence electrons. The number of amides is 1. The van der Waals surface area contributed by atoms with Gasteiger partial charge in [0.25, 0.3) is 5.91 Å². The molecular weight excluding hydrogens is 240 g/mol. The number of hydrogen-bond acceptors (Lipinski definition) is 4. The van der Waals surface area contributed by atoms with Crippen LogP contribution in [0.4, 0.5) is 11.4 Å². The first-order valence-electron chi connectivity index (χ1n) is 5.91. The largest absolute Gasteiger partial charge is 0.397 e. The fourth-order valence-corrected chi connectivity index (χ4v) is 1.86. The number of nitrogens with two attached hydrogens (primary N) is 2. The average Bonchev–Trinajstić information content (AvgIpc) is 2.38. The van der Waals surface area contributed by atoms with Crippen LogP contribution in [0.25, 0.3) is 0 Å². The van der Waals surface area contributed by atoms with Gasteiger partial charge in [0, 0.05) is 18.9 Å². The highest BCUT2D eigenvalue weighted by atomic mass is 16.1. The number of rotatable bonds is 4. The predicted molar refractivity (Wildman–Crippen MR) is 75.7 cm³/mol. The number of carbonyl (C=O) groups excluding carboxylic acids is 1. The molecule has 0 aliphatic heterocycles. The summed E-state index contributed by atoms with van der Waals surface area (Å²) in [7, 11) is 0. The summed E-state index contributed by atoms with van der Waals surface area (Å²) in [6.07, 6.45) is 3.52. The zero-order valence-corrected chi connectivity index (χ0v) is 10.7. The lowest BCUT2D eigenvalue weighted by atomic mass is 10.1. The summed E-state index contributed by atoms with van der Waals surface area (Å²) < 4.78 is 0. The Morgan fingerprint density at radius 1 is 1.37 bits per heavy atom. The first kappa shape index (κ1) is 12.9. The van der Waals surface area contributed by atoms with Crippen molar-refractivity contribution in [2.75, 3.05) is 11.1 Å². The Bertz CT molecular complexity index is 610. The number of para-hydroxylation sites is 1. The molecule has 0 unspecified atom stereocenters. The molecule has 0 atom stereocenters. The Kier molecular flexibility index (Phi) is 3.66. The van der Waals surface area contributed by atoms with Gasteiger partial charge in [0.2, 0.25) is 0 Å². The van der Waals surface area contributed by atoms with E-state index >= 15 is 0 Å². The predicted octanol–water partition coefficient (Wildman–Crippen LogP) is 1.68. The summed E-state index contributed by atoms with van der Waals surface area (Å²) in [5.41, 5.74) is 14.9. The third-order valence-electron chi connectivity index (χ3n) is 2.95. The van der Waals surface area contributed by atoms with Crippen LogP contribution >= 0.6 is 0 Å². The second kappa shape index (κ2) is 5.39. The van der Waals surface area contributed by atoms with Crippen LogP contribution < -0.4 is 16.8 Å². The third-order valence-corrected chi connectivity index (χ3v) is 2.95. The van der Waals surface area contributed by atoms with Crippen LogP contribution in [0.5, 0.6) is 0 Å². The number of nitrogens with zero attached hydrogens (tertiary/aromatic N) is 1. The fourth-order valence-electron chi connectivity index (χ4n) is 1.86. The number of anilines is 2. The fraction of sp³-hybridized carbons (Fsp3) is 0.143. The average molecular weight is 256 g/mol. The standard InChI is InChI=1S/C14H16N4O/c1-9-7-17-6-5-10(9)8-18-13-11(14(16)19)3-2-4-12(13)15/h2-7,18H,8,15H2,1H3,(H2,16,19). The summed E-state index contributed by atoms with van der Waals surface area (Å²) in [5.74, 6) is -0.499. The smallest absolute Gasteiger partial charge is 0.250 e. The molecule has 0 aliphatic rings. The number of hydrogen-bond donors (Lipinski definition) is 3. The van der Waals surface area contributed by atoms with Gasteiger partial charge in [-0.3, -0.25) is 9.78 Å². The van der Waals surface area contributed by atoms with E-state index in [1.54, 1.807) is 30.6 Å². The highest BCUT2D eigenvalue weighted by Gasteiger charge is 2.10. The minimum atomic E-state index is -0.499. The molecule has 0 saturated carbocycles. The van der Waals surface area contributed by atoms with Gasteiger partial charge >= 0.3 is 0 Å². The summed E-state index contributed by atoms with van der Waals surface area (Å²) in [6, 6.07) is 7.01. The van der Waals surface area contributed by atoms with Crippen LogP contribution in [0.15, 0.2) is 36.7 Å². The van der Waals surface area contributed by atoms with Gasteiger partial charge in [-0.15, -0.1) is 0 Å². The molecule has 0 radical (unpaired) electrons. The molecule has 0 bridgehead atoms. The van der Waals surface area contributed by atoms with E-state index in [9.17, 15) is 4.79 Å². The number of nitrogens with one attached hydrogen (secondary N) is 1. The zero-order chi connectivity index (χ0) is 13.8. The van der Waals surface area contributed by atoms with Crippen molar-refractivity contribution >= 4 is 17.3 Å². The molecule has 1 aromatic carbocycles. The van der Waals surface area contributed by atoms with Crippen molar-refractivity contribution in [2.45, 2.75) is 13.5 Å². The third kappa shape index (κ3) is 2.82. The molecule has 1 aromatic heterocycles. The molecule has 5 N–H and O–H groups in total. The van der Waals surface area contributed by atoms with Crippen molar-refractivity contribution in [1.29, 1.82) is 0 Å². The van der Waals surface area contributed by atoms with E-state index in [4.69, 9.17) is 11.5 Å². The maximum atomic E-state index is 11.4. The van der Waals surface area contributed by atoms with Crippen LogP contribution in [-0.4, -0.2) is 10.9 Å². The number of pyridine rings is 1. The van der Waals surface area contributed by atoms with Gasteiger partial charge < -0.3 is 16.8 Å². The monoisotopic (exact) mass is 256 g/mol. The second-order valence-corrected chi connectivity index (χ2v) is 4.29. The topological polar surface area (TPSA) is 94.0 Å². The van der Waals surface area contributed by atoms with Gasteiger partial charge in [0.05, 0.1) is 16.9 Å². The zero-order valence-electron chi connectivity index (χ0n) is 10.7. The van der Waals surface area contributed by atoms with Crippen LogP contribution in [0, 0.1) is 6.92 Å². The van der Waals surface area contributed by atoms with Crippen molar-refractivity contribution in [3.05, 3.63) is 53.3 Å². The number of primary amides is 1. The highest BCUT2D eigenvalue weighted by Crippen LogP contribution is 2.24. The van der Waals surface area contributed by atoms with E-state index in [1.807, 2.05) is 13.0 Å². The van der Waals surface area contributed by atoms with E-state index in [-0.39, 0.29) is 0 Å². The van der Waals surface area contributed by atoms with Crippen molar-refractivity contribution < 1.29 is 4.79 Å². The summed E-state index contributed by atoms with van der Waals surface area (Å²) in [6.45, 7) is 2.54. The molecule has 0 spiro atoms. The number of aromatic nitrogens is 1. The van der Waals surface area contributed by atoms with Crippen molar-refractivity contribution in [2.24, 2.45) is 5.73 Å². The molecule has 5 nitrogen and oxygen atoms in total. The van der Waals surface area contributed by atoms with E-state index in [0.717, 1.165) is 11.1 Å². The van der Waals surface area contributed by atoms with E-state index in [0.29, 0.717) is 23.5 Å².